The number of hydrogen-bond donors (Lipinski definition) is 1. The number of rotatable bonds is 2. The normalized spacial score (nSPS) is 13.0. The van der Waals surface area contributed by atoms with Crippen molar-refractivity contribution in [3.63, 3.8) is 0 Å². The van der Waals surface area contributed by atoms with E-state index in [1.165, 1.54) is 6.07 Å². The summed E-state index contributed by atoms with van der Waals surface area (Å²) >= 11 is 0. The van der Waals surface area contributed by atoms with Gasteiger partial charge in [-0.3, -0.25) is 0 Å². The molecule has 66 valence electrons. The average molecular weight is 168 g/mol. The molecule has 2 heteroatoms. The quantitative estimate of drug-likeness (QED) is 0.719. The number of halogens is 1. The van der Waals surface area contributed by atoms with E-state index in [0.717, 1.165) is 5.56 Å². The summed E-state index contributed by atoms with van der Waals surface area (Å²) in [5.41, 5.74) is 1.37. The summed E-state index contributed by atoms with van der Waals surface area (Å²) in [6.07, 6.45) is 0.190. The fraction of sp³-hybridized carbons (Fsp3) is 0.400. The predicted octanol–water partition coefficient (Wildman–Crippen LogP) is 2.58. The molecule has 0 fully saturated rings. The smallest absolute Gasteiger partial charge is 0.126 e. The third-order valence-corrected chi connectivity index (χ3v) is 1.95. The van der Waals surface area contributed by atoms with E-state index in [2.05, 4.69) is 0 Å². The Labute approximate surface area is 71.9 Å². The molecule has 1 atom stereocenters. The molecule has 0 aromatic heterocycles. The van der Waals surface area contributed by atoms with E-state index in [4.69, 9.17) is 0 Å². The first-order chi connectivity index (χ1) is 5.65. The second kappa shape index (κ2) is 3.68. The van der Waals surface area contributed by atoms with Crippen LogP contribution >= 0.6 is 0 Å². The molecule has 0 radical (unpaired) electrons. The van der Waals surface area contributed by atoms with Crippen molar-refractivity contribution < 1.29 is 9.50 Å². The monoisotopic (exact) mass is 168 g/mol. The third-order valence-electron chi connectivity index (χ3n) is 1.95. The molecule has 0 heterocycles. The summed E-state index contributed by atoms with van der Waals surface area (Å²) in [7, 11) is 0. The molecule has 12 heavy (non-hydrogen) atoms. The highest BCUT2D eigenvalue weighted by molar-refractivity contribution is 5.25. The molecule has 0 aliphatic heterocycles. The van der Waals surface area contributed by atoms with Crippen LogP contribution in [-0.2, 0) is 0 Å². The maximum absolute atomic E-state index is 12.8. The van der Waals surface area contributed by atoms with E-state index in [-0.39, 0.29) is 5.82 Å². The largest absolute Gasteiger partial charge is 0.388 e. The number of aliphatic hydroxyl groups excluding tert-OH is 1. The number of aryl methyl sites for hydroxylation is 1. The topological polar surface area (TPSA) is 20.2 Å². The van der Waals surface area contributed by atoms with Crippen molar-refractivity contribution in [2.45, 2.75) is 26.4 Å². The van der Waals surface area contributed by atoms with Crippen LogP contribution in [0.15, 0.2) is 18.2 Å². The molecule has 1 nitrogen and oxygen atoms in total. The van der Waals surface area contributed by atoms with Crippen LogP contribution in [0.25, 0.3) is 0 Å². The van der Waals surface area contributed by atoms with Gasteiger partial charge in [-0.25, -0.2) is 4.39 Å². The Balaban J connectivity index is 2.96. The Hall–Kier alpha value is -0.890. The molecular formula is C10H13FO. The first-order valence-corrected chi connectivity index (χ1v) is 4.09. The minimum Gasteiger partial charge on any atom is -0.388 e. The van der Waals surface area contributed by atoms with Crippen LogP contribution in [0.5, 0.6) is 0 Å². The van der Waals surface area contributed by atoms with Crippen molar-refractivity contribution in [2.24, 2.45) is 0 Å². The number of aliphatic hydroxyl groups is 1. The molecular weight excluding hydrogens is 155 g/mol. The van der Waals surface area contributed by atoms with Gasteiger partial charge in [0.1, 0.15) is 5.82 Å². The lowest BCUT2D eigenvalue weighted by Gasteiger charge is -2.08. The standard InChI is InChI=1S/C10H13FO/c1-3-10(12)8-4-5-9(11)7(2)6-8/h4-6,10,12H,3H2,1-2H3. The van der Waals surface area contributed by atoms with E-state index in [1.54, 1.807) is 19.1 Å². The van der Waals surface area contributed by atoms with E-state index in [9.17, 15) is 9.50 Å². The van der Waals surface area contributed by atoms with Crippen LogP contribution in [0.4, 0.5) is 4.39 Å². The van der Waals surface area contributed by atoms with Crippen LogP contribution in [0.3, 0.4) is 0 Å². The van der Waals surface area contributed by atoms with Gasteiger partial charge >= 0.3 is 0 Å². The van der Waals surface area contributed by atoms with Gasteiger partial charge in [-0.1, -0.05) is 19.1 Å². The highest BCUT2D eigenvalue weighted by atomic mass is 19.1. The molecule has 1 rings (SSSR count). The highest BCUT2D eigenvalue weighted by Crippen LogP contribution is 2.18. The van der Waals surface area contributed by atoms with Gasteiger partial charge in [0.05, 0.1) is 6.10 Å². The van der Waals surface area contributed by atoms with Gasteiger partial charge in [0, 0.05) is 0 Å². The number of benzene rings is 1. The zero-order valence-electron chi connectivity index (χ0n) is 7.34. The fourth-order valence-electron chi connectivity index (χ4n) is 1.11. The van der Waals surface area contributed by atoms with Crippen molar-refractivity contribution in [2.75, 3.05) is 0 Å². The van der Waals surface area contributed by atoms with Crippen molar-refractivity contribution in [3.05, 3.63) is 35.1 Å². The Bertz CT molecular complexity index is 271. The molecule has 1 unspecified atom stereocenters. The molecule has 0 saturated heterocycles. The second-order valence-electron chi connectivity index (χ2n) is 2.93. The van der Waals surface area contributed by atoms with Crippen LogP contribution in [-0.4, -0.2) is 5.11 Å². The van der Waals surface area contributed by atoms with Gasteiger partial charge in [-0.05, 0) is 30.5 Å². The Morgan fingerprint density at radius 1 is 1.50 bits per heavy atom. The SMILES string of the molecule is CCC(O)c1ccc(F)c(C)c1. The molecule has 0 amide bonds. The minimum atomic E-state index is -0.468. The fourth-order valence-corrected chi connectivity index (χ4v) is 1.11. The third kappa shape index (κ3) is 1.83. The van der Waals surface area contributed by atoms with Crippen LogP contribution in [0.2, 0.25) is 0 Å². The Morgan fingerprint density at radius 2 is 2.17 bits per heavy atom. The maximum Gasteiger partial charge on any atom is 0.126 e. The molecule has 1 aromatic rings. The molecule has 0 aliphatic carbocycles. The summed E-state index contributed by atoms with van der Waals surface area (Å²) < 4.78 is 12.8. The summed E-state index contributed by atoms with van der Waals surface area (Å²) in [5, 5.41) is 9.42. The van der Waals surface area contributed by atoms with Crippen molar-refractivity contribution in [1.29, 1.82) is 0 Å². The minimum absolute atomic E-state index is 0.220. The first-order valence-electron chi connectivity index (χ1n) is 4.09. The summed E-state index contributed by atoms with van der Waals surface area (Å²) in [6, 6.07) is 4.70. The van der Waals surface area contributed by atoms with Crippen LogP contribution in [0.1, 0.15) is 30.6 Å². The maximum atomic E-state index is 12.8. The molecule has 0 saturated carbocycles. The zero-order chi connectivity index (χ0) is 9.14. The summed E-state index contributed by atoms with van der Waals surface area (Å²) in [6.45, 7) is 3.59. The second-order valence-corrected chi connectivity index (χ2v) is 2.93. The van der Waals surface area contributed by atoms with E-state index in [1.807, 2.05) is 6.92 Å². The lowest BCUT2D eigenvalue weighted by Crippen LogP contribution is -1.96. The molecule has 1 N–H and O–H groups in total. The zero-order valence-corrected chi connectivity index (χ0v) is 7.34. The van der Waals surface area contributed by atoms with Crippen LogP contribution < -0.4 is 0 Å². The van der Waals surface area contributed by atoms with E-state index < -0.39 is 6.10 Å². The van der Waals surface area contributed by atoms with Crippen molar-refractivity contribution in [3.8, 4) is 0 Å². The van der Waals surface area contributed by atoms with Gasteiger partial charge in [-0.15, -0.1) is 0 Å². The summed E-state index contributed by atoms with van der Waals surface area (Å²) in [4.78, 5) is 0. The van der Waals surface area contributed by atoms with Gasteiger partial charge in [-0.2, -0.15) is 0 Å². The highest BCUT2D eigenvalue weighted by Gasteiger charge is 2.05. The van der Waals surface area contributed by atoms with Gasteiger partial charge in [0.2, 0.25) is 0 Å². The van der Waals surface area contributed by atoms with E-state index in [0.29, 0.717) is 12.0 Å². The first kappa shape index (κ1) is 9.20. The Kier molecular flexibility index (Phi) is 2.82. The van der Waals surface area contributed by atoms with Crippen LogP contribution in [0, 0.1) is 12.7 Å². The van der Waals surface area contributed by atoms with E-state index >= 15 is 0 Å². The lowest BCUT2D eigenvalue weighted by atomic mass is 10.0. The predicted molar refractivity (Wildman–Crippen MR) is 46.4 cm³/mol. The molecule has 0 aliphatic rings. The van der Waals surface area contributed by atoms with Crippen molar-refractivity contribution in [1.82, 2.24) is 0 Å². The Morgan fingerprint density at radius 3 is 2.67 bits per heavy atom. The summed E-state index contributed by atoms with van der Waals surface area (Å²) in [5.74, 6) is -0.220. The molecule has 0 bridgehead atoms. The van der Waals surface area contributed by atoms with Crippen molar-refractivity contribution >= 4 is 0 Å². The number of hydrogen-bond acceptors (Lipinski definition) is 1. The molecule has 1 aromatic carbocycles. The van der Waals surface area contributed by atoms with Gasteiger partial charge in [0.15, 0.2) is 0 Å². The average Bonchev–Trinajstić information content (AvgIpc) is 2.08. The molecule has 0 spiro atoms. The van der Waals surface area contributed by atoms with Gasteiger partial charge in [0.25, 0.3) is 0 Å². The van der Waals surface area contributed by atoms with Gasteiger partial charge < -0.3 is 5.11 Å². The lowest BCUT2D eigenvalue weighted by molar-refractivity contribution is 0.173.